The molecule has 0 amide bonds. The van der Waals surface area contributed by atoms with Crippen molar-refractivity contribution in [3.63, 3.8) is 0 Å². The summed E-state index contributed by atoms with van der Waals surface area (Å²) in [7, 11) is 0. The Labute approximate surface area is 112 Å². The first-order valence-electron chi connectivity index (χ1n) is 5.11. The molecule has 0 bridgehead atoms. The lowest BCUT2D eigenvalue weighted by atomic mass is 10.2. The molecule has 0 atom stereocenters. The number of ether oxygens (including phenoxy) is 1. The minimum Gasteiger partial charge on any atom is -0.493 e. The molecule has 0 saturated carbocycles. The van der Waals surface area contributed by atoms with Crippen molar-refractivity contribution in [2.45, 2.75) is 4.34 Å². The predicted octanol–water partition coefficient (Wildman–Crippen LogP) is 2.41. The summed E-state index contributed by atoms with van der Waals surface area (Å²) in [6.45, 7) is 0.493. The Kier molecular flexibility index (Phi) is 4.54. The van der Waals surface area contributed by atoms with Gasteiger partial charge in [0, 0.05) is 5.75 Å². The molecule has 1 aromatic carbocycles. The lowest BCUT2D eigenvalue weighted by Crippen LogP contribution is -2.02. The molecule has 0 fully saturated rings. The number of carboxylic acids is 1. The van der Waals surface area contributed by atoms with Crippen LogP contribution in [-0.2, 0) is 0 Å². The summed E-state index contributed by atoms with van der Waals surface area (Å²) in [5, 5.41) is 16.5. The minimum absolute atomic E-state index is 0.226. The highest BCUT2D eigenvalue weighted by Crippen LogP contribution is 2.19. The van der Waals surface area contributed by atoms with E-state index >= 15 is 0 Å². The zero-order valence-electron chi connectivity index (χ0n) is 9.28. The summed E-state index contributed by atoms with van der Waals surface area (Å²) in [6, 6.07) is 6.45. The fraction of sp³-hybridized carbons (Fsp3) is 0.182. The van der Waals surface area contributed by atoms with E-state index < -0.39 is 5.97 Å². The van der Waals surface area contributed by atoms with Crippen LogP contribution in [0.15, 0.2) is 34.1 Å². The summed E-state index contributed by atoms with van der Waals surface area (Å²) in [4.78, 5) is 10.8. The maximum absolute atomic E-state index is 10.8. The highest BCUT2D eigenvalue weighted by atomic mass is 32.2. The quantitative estimate of drug-likeness (QED) is 0.648. The van der Waals surface area contributed by atoms with Crippen molar-refractivity contribution in [2.75, 3.05) is 12.4 Å². The Morgan fingerprint density at radius 3 is 3.11 bits per heavy atom. The van der Waals surface area contributed by atoms with Crippen molar-refractivity contribution in [3.05, 3.63) is 35.3 Å². The van der Waals surface area contributed by atoms with Gasteiger partial charge in [0.2, 0.25) is 0 Å². The summed E-state index contributed by atoms with van der Waals surface area (Å²) in [5.74, 6) is 0.350. The van der Waals surface area contributed by atoms with Crippen LogP contribution < -0.4 is 4.74 Å². The Morgan fingerprint density at radius 2 is 2.39 bits per heavy atom. The van der Waals surface area contributed by atoms with E-state index in [4.69, 9.17) is 9.84 Å². The molecule has 2 aromatic rings. The first-order chi connectivity index (χ1) is 8.75. The van der Waals surface area contributed by atoms with Gasteiger partial charge in [-0.2, -0.15) is 0 Å². The predicted molar refractivity (Wildman–Crippen MR) is 69.5 cm³/mol. The van der Waals surface area contributed by atoms with Gasteiger partial charge in [-0.25, -0.2) is 4.79 Å². The van der Waals surface area contributed by atoms with Crippen molar-refractivity contribution in [2.24, 2.45) is 0 Å². The highest BCUT2D eigenvalue weighted by Gasteiger charge is 2.04. The van der Waals surface area contributed by atoms with E-state index in [1.54, 1.807) is 29.4 Å². The molecule has 0 aliphatic rings. The molecule has 18 heavy (non-hydrogen) atoms. The van der Waals surface area contributed by atoms with Gasteiger partial charge in [-0.1, -0.05) is 29.2 Å². The van der Waals surface area contributed by atoms with Gasteiger partial charge in [0.1, 0.15) is 11.3 Å². The van der Waals surface area contributed by atoms with Crippen molar-refractivity contribution in [1.82, 2.24) is 10.2 Å². The van der Waals surface area contributed by atoms with Crippen molar-refractivity contribution < 1.29 is 14.6 Å². The molecule has 0 aliphatic heterocycles. The number of nitrogens with zero attached hydrogens (tertiary/aromatic N) is 2. The van der Waals surface area contributed by atoms with Crippen LogP contribution >= 0.6 is 23.1 Å². The number of carboxylic acid groups (broad SMARTS) is 1. The topological polar surface area (TPSA) is 72.3 Å². The number of hydrogen-bond donors (Lipinski definition) is 1. The number of rotatable bonds is 6. The molecular formula is C11H10N2O3S2. The summed E-state index contributed by atoms with van der Waals surface area (Å²) >= 11 is 3.04. The summed E-state index contributed by atoms with van der Waals surface area (Å²) in [6.07, 6.45) is 0. The minimum atomic E-state index is -0.955. The summed E-state index contributed by atoms with van der Waals surface area (Å²) < 4.78 is 6.37. The van der Waals surface area contributed by atoms with E-state index in [0.717, 1.165) is 10.1 Å². The Morgan fingerprint density at radius 1 is 1.50 bits per heavy atom. The van der Waals surface area contributed by atoms with Crippen LogP contribution in [0.4, 0.5) is 0 Å². The van der Waals surface area contributed by atoms with Gasteiger partial charge in [0.15, 0.2) is 4.34 Å². The fourth-order valence-corrected chi connectivity index (χ4v) is 2.61. The second-order valence-electron chi connectivity index (χ2n) is 3.23. The molecule has 1 N–H and O–H groups in total. The molecule has 1 aromatic heterocycles. The number of aromatic nitrogens is 2. The maximum Gasteiger partial charge on any atom is 0.335 e. The smallest absolute Gasteiger partial charge is 0.335 e. The molecule has 0 spiro atoms. The Hall–Kier alpha value is -1.60. The zero-order valence-corrected chi connectivity index (χ0v) is 10.9. The Balaban J connectivity index is 1.79. The number of aromatic carboxylic acids is 1. The second-order valence-corrected chi connectivity index (χ2v) is 5.41. The lowest BCUT2D eigenvalue weighted by Gasteiger charge is -2.05. The third kappa shape index (κ3) is 3.71. The largest absolute Gasteiger partial charge is 0.493 e. The molecule has 5 nitrogen and oxygen atoms in total. The van der Waals surface area contributed by atoms with E-state index in [0.29, 0.717) is 12.4 Å². The van der Waals surface area contributed by atoms with Gasteiger partial charge < -0.3 is 9.84 Å². The van der Waals surface area contributed by atoms with Gasteiger partial charge in [0.25, 0.3) is 0 Å². The van der Waals surface area contributed by atoms with Crippen molar-refractivity contribution >= 4 is 29.1 Å². The van der Waals surface area contributed by atoms with Crippen LogP contribution in [0.5, 0.6) is 5.75 Å². The fourth-order valence-electron chi connectivity index (χ4n) is 1.23. The molecule has 94 valence electrons. The van der Waals surface area contributed by atoms with E-state index in [-0.39, 0.29) is 5.56 Å². The number of benzene rings is 1. The first kappa shape index (κ1) is 12.8. The molecule has 2 rings (SSSR count). The average Bonchev–Trinajstić information content (AvgIpc) is 2.88. The Bertz CT molecular complexity index is 517. The molecule has 1 heterocycles. The number of thioether (sulfide) groups is 1. The second kappa shape index (κ2) is 6.36. The van der Waals surface area contributed by atoms with Crippen molar-refractivity contribution in [3.8, 4) is 5.75 Å². The van der Waals surface area contributed by atoms with Crippen LogP contribution in [0.1, 0.15) is 10.4 Å². The van der Waals surface area contributed by atoms with Gasteiger partial charge in [-0.15, -0.1) is 10.2 Å². The first-order valence-corrected chi connectivity index (χ1v) is 6.97. The van der Waals surface area contributed by atoms with Crippen LogP contribution in [-0.4, -0.2) is 33.6 Å². The zero-order chi connectivity index (χ0) is 12.8. The third-order valence-electron chi connectivity index (χ3n) is 2.00. The van der Waals surface area contributed by atoms with Crippen molar-refractivity contribution in [1.29, 1.82) is 0 Å². The highest BCUT2D eigenvalue weighted by molar-refractivity contribution is 8.01. The normalized spacial score (nSPS) is 10.2. The molecular weight excluding hydrogens is 272 g/mol. The van der Waals surface area contributed by atoms with Crippen LogP contribution in [0.2, 0.25) is 0 Å². The molecule has 0 aliphatic carbocycles. The molecule has 0 saturated heterocycles. The monoisotopic (exact) mass is 282 g/mol. The number of carbonyl (C=O) groups is 1. The van der Waals surface area contributed by atoms with E-state index in [2.05, 4.69) is 10.2 Å². The van der Waals surface area contributed by atoms with E-state index in [9.17, 15) is 4.79 Å². The van der Waals surface area contributed by atoms with E-state index in [1.807, 2.05) is 0 Å². The van der Waals surface area contributed by atoms with Gasteiger partial charge >= 0.3 is 5.97 Å². The third-order valence-corrected chi connectivity index (χ3v) is 3.82. The number of hydrogen-bond acceptors (Lipinski definition) is 6. The van der Waals surface area contributed by atoms with Crippen LogP contribution in [0.25, 0.3) is 0 Å². The SMILES string of the molecule is O=C(O)c1cccc(OCCSc2nncs2)c1. The van der Waals surface area contributed by atoms with Crippen LogP contribution in [0.3, 0.4) is 0 Å². The van der Waals surface area contributed by atoms with Gasteiger partial charge in [-0.3, -0.25) is 0 Å². The van der Waals surface area contributed by atoms with Gasteiger partial charge in [0.05, 0.1) is 12.2 Å². The maximum atomic E-state index is 10.8. The summed E-state index contributed by atoms with van der Waals surface area (Å²) in [5.41, 5.74) is 1.91. The van der Waals surface area contributed by atoms with E-state index in [1.165, 1.54) is 23.5 Å². The molecule has 0 unspecified atom stereocenters. The standard InChI is InChI=1S/C11H10N2O3S2/c14-10(15)8-2-1-3-9(6-8)16-4-5-17-11-13-12-7-18-11/h1-3,6-7H,4-5H2,(H,14,15). The molecule has 0 radical (unpaired) electrons. The molecule has 7 heteroatoms. The average molecular weight is 282 g/mol. The van der Waals surface area contributed by atoms with Gasteiger partial charge in [-0.05, 0) is 18.2 Å². The lowest BCUT2D eigenvalue weighted by molar-refractivity contribution is 0.0696. The van der Waals surface area contributed by atoms with Crippen LogP contribution in [0, 0.1) is 0 Å².